The molecule has 1 aromatic heterocycles. The molecule has 0 saturated heterocycles. The highest BCUT2D eigenvalue weighted by atomic mass is 16.3. The molecule has 3 aromatic carbocycles. The average Bonchev–Trinajstić information content (AvgIpc) is 2.75. The third-order valence-corrected chi connectivity index (χ3v) is 4.66. The zero-order valence-corrected chi connectivity index (χ0v) is 16.9. The maximum absolute atomic E-state index is 9.39. The van der Waals surface area contributed by atoms with Gasteiger partial charge in [-0.1, -0.05) is 53.6 Å². The van der Waals surface area contributed by atoms with Gasteiger partial charge in [0.05, 0.1) is 17.6 Å². The van der Waals surface area contributed by atoms with Crippen molar-refractivity contribution in [3.63, 3.8) is 0 Å². The molecule has 4 aromatic rings. The summed E-state index contributed by atoms with van der Waals surface area (Å²) in [6.07, 6.45) is 1.66. The van der Waals surface area contributed by atoms with Gasteiger partial charge in [-0.25, -0.2) is 15.4 Å². The monoisotopic (exact) mass is 394 g/mol. The summed E-state index contributed by atoms with van der Waals surface area (Å²) in [7, 11) is 0. The zero-order chi connectivity index (χ0) is 20.9. The number of hydrogen-bond donors (Lipinski definition) is 2. The first-order valence-corrected chi connectivity index (χ1v) is 9.68. The molecule has 0 bridgehead atoms. The quantitative estimate of drug-likeness (QED) is 0.342. The van der Waals surface area contributed by atoms with E-state index in [1.165, 1.54) is 11.1 Å². The minimum atomic E-state index is 0.219. The first kappa shape index (κ1) is 19.3. The third kappa shape index (κ3) is 4.70. The van der Waals surface area contributed by atoms with Gasteiger partial charge >= 0.3 is 0 Å². The SMILES string of the molecule is Cc1ccc(-c2cc(-c3cccc(C)c3)nc(NN=Cc3ccc(O)cc3)n2)cc1. The lowest BCUT2D eigenvalue weighted by molar-refractivity contribution is 0.475. The second-order valence-corrected chi connectivity index (χ2v) is 7.16. The van der Waals surface area contributed by atoms with Gasteiger partial charge in [0.25, 0.3) is 0 Å². The number of phenols is 1. The van der Waals surface area contributed by atoms with Gasteiger partial charge in [0.2, 0.25) is 5.95 Å². The fraction of sp³-hybridized carbons (Fsp3) is 0.0800. The molecule has 148 valence electrons. The molecule has 5 nitrogen and oxygen atoms in total. The number of anilines is 1. The number of phenolic OH excluding ortho intramolecular Hbond substituents is 1. The number of hydrazone groups is 1. The standard InChI is InChI=1S/C25H22N4O/c1-17-6-10-20(11-7-17)23-15-24(21-5-3-4-18(2)14-21)28-25(27-23)29-26-16-19-8-12-22(30)13-9-19/h3-16,30H,1-2H3,(H,27,28,29). The number of aryl methyl sites for hydroxylation is 2. The minimum absolute atomic E-state index is 0.219. The maximum atomic E-state index is 9.39. The van der Waals surface area contributed by atoms with E-state index in [0.717, 1.165) is 28.1 Å². The number of hydrogen-bond acceptors (Lipinski definition) is 5. The van der Waals surface area contributed by atoms with E-state index in [2.05, 4.69) is 70.7 Å². The van der Waals surface area contributed by atoms with Crippen molar-refractivity contribution in [1.82, 2.24) is 9.97 Å². The van der Waals surface area contributed by atoms with Crippen LogP contribution in [0.15, 0.2) is 84.0 Å². The van der Waals surface area contributed by atoms with Gasteiger partial charge in [0.15, 0.2) is 0 Å². The summed E-state index contributed by atoms with van der Waals surface area (Å²) < 4.78 is 0. The van der Waals surface area contributed by atoms with E-state index in [1.54, 1.807) is 30.5 Å². The van der Waals surface area contributed by atoms with Crippen LogP contribution in [0.25, 0.3) is 22.5 Å². The van der Waals surface area contributed by atoms with Crippen molar-refractivity contribution in [2.75, 3.05) is 5.43 Å². The summed E-state index contributed by atoms with van der Waals surface area (Å²) in [5.41, 5.74) is 9.85. The molecule has 0 saturated carbocycles. The Balaban J connectivity index is 1.69. The lowest BCUT2D eigenvalue weighted by Crippen LogP contribution is -2.00. The van der Waals surface area contributed by atoms with Crippen LogP contribution in [0.5, 0.6) is 5.75 Å². The average molecular weight is 394 g/mol. The second-order valence-electron chi connectivity index (χ2n) is 7.16. The largest absolute Gasteiger partial charge is 0.508 e. The first-order valence-electron chi connectivity index (χ1n) is 9.68. The van der Waals surface area contributed by atoms with Crippen molar-refractivity contribution in [2.45, 2.75) is 13.8 Å². The van der Waals surface area contributed by atoms with Gasteiger partial charge in [-0.05, 0) is 55.8 Å². The molecule has 0 amide bonds. The Morgan fingerprint density at radius 3 is 2.17 bits per heavy atom. The third-order valence-electron chi connectivity index (χ3n) is 4.66. The van der Waals surface area contributed by atoms with E-state index in [-0.39, 0.29) is 5.75 Å². The van der Waals surface area contributed by atoms with Crippen molar-refractivity contribution in [1.29, 1.82) is 0 Å². The summed E-state index contributed by atoms with van der Waals surface area (Å²) in [4.78, 5) is 9.31. The number of aromatic nitrogens is 2. The van der Waals surface area contributed by atoms with Gasteiger partial charge < -0.3 is 5.11 Å². The summed E-state index contributed by atoms with van der Waals surface area (Å²) >= 11 is 0. The van der Waals surface area contributed by atoms with E-state index in [0.29, 0.717) is 5.95 Å². The second kappa shape index (κ2) is 8.57. The van der Waals surface area contributed by atoms with Gasteiger partial charge in [0.1, 0.15) is 5.75 Å². The molecule has 1 heterocycles. The highest BCUT2D eigenvalue weighted by Crippen LogP contribution is 2.26. The number of benzene rings is 3. The molecule has 0 radical (unpaired) electrons. The maximum Gasteiger partial charge on any atom is 0.244 e. The topological polar surface area (TPSA) is 70.4 Å². The van der Waals surface area contributed by atoms with Crippen LogP contribution >= 0.6 is 0 Å². The number of nitrogens with one attached hydrogen (secondary N) is 1. The molecular formula is C25H22N4O. The van der Waals surface area contributed by atoms with Crippen LogP contribution in [0.4, 0.5) is 5.95 Å². The Hall–Kier alpha value is -3.99. The van der Waals surface area contributed by atoms with Crippen molar-refractivity contribution in [3.05, 3.63) is 95.6 Å². The number of nitrogens with zero attached hydrogens (tertiary/aromatic N) is 3. The molecule has 0 aliphatic heterocycles. The van der Waals surface area contributed by atoms with Crippen LogP contribution in [-0.2, 0) is 0 Å². The van der Waals surface area contributed by atoms with Crippen molar-refractivity contribution in [2.24, 2.45) is 5.10 Å². The van der Waals surface area contributed by atoms with E-state index in [4.69, 9.17) is 0 Å². The summed E-state index contributed by atoms with van der Waals surface area (Å²) in [5.74, 6) is 0.636. The van der Waals surface area contributed by atoms with Crippen LogP contribution in [0.2, 0.25) is 0 Å². The molecule has 0 aliphatic carbocycles. The Bertz CT molecular complexity index is 1180. The molecule has 4 rings (SSSR count). The summed E-state index contributed by atoms with van der Waals surface area (Å²) in [5, 5.41) is 13.7. The molecule has 0 unspecified atom stereocenters. The van der Waals surface area contributed by atoms with Crippen molar-refractivity contribution < 1.29 is 5.11 Å². The molecule has 2 N–H and O–H groups in total. The van der Waals surface area contributed by atoms with E-state index >= 15 is 0 Å². The molecule has 0 spiro atoms. The van der Waals surface area contributed by atoms with Crippen LogP contribution in [-0.4, -0.2) is 21.3 Å². The van der Waals surface area contributed by atoms with Gasteiger partial charge in [0, 0.05) is 11.1 Å². The fourth-order valence-electron chi connectivity index (χ4n) is 3.05. The fourth-order valence-corrected chi connectivity index (χ4v) is 3.05. The smallest absolute Gasteiger partial charge is 0.244 e. The van der Waals surface area contributed by atoms with Gasteiger partial charge in [-0.15, -0.1) is 0 Å². The van der Waals surface area contributed by atoms with Crippen LogP contribution < -0.4 is 5.43 Å². The highest BCUT2D eigenvalue weighted by Gasteiger charge is 2.09. The predicted molar refractivity (Wildman–Crippen MR) is 122 cm³/mol. The predicted octanol–water partition coefficient (Wildman–Crippen LogP) is 5.58. The molecule has 30 heavy (non-hydrogen) atoms. The van der Waals surface area contributed by atoms with Crippen LogP contribution in [0.3, 0.4) is 0 Å². The first-order chi connectivity index (χ1) is 14.6. The van der Waals surface area contributed by atoms with Crippen LogP contribution in [0.1, 0.15) is 16.7 Å². The van der Waals surface area contributed by atoms with Crippen molar-refractivity contribution >= 4 is 12.2 Å². The lowest BCUT2D eigenvalue weighted by atomic mass is 10.1. The van der Waals surface area contributed by atoms with Gasteiger partial charge in [-0.3, -0.25) is 0 Å². The minimum Gasteiger partial charge on any atom is -0.508 e. The van der Waals surface area contributed by atoms with Crippen LogP contribution in [0, 0.1) is 13.8 Å². The Kier molecular flexibility index (Phi) is 5.52. The summed E-state index contributed by atoms with van der Waals surface area (Å²) in [6, 6.07) is 25.3. The van der Waals surface area contributed by atoms with E-state index in [9.17, 15) is 5.11 Å². The van der Waals surface area contributed by atoms with E-state index in [1.807, 2.05) is 18.2 Å². The van der Waals surface area contributed by atoms with Gasteiger partial charge in [-0.2, -0.15) is 5.10 Å². The molecule has 0 fully saturated rings. The Morgan fingerprint density at radius 1 is 0.767 bits per heavy atom. The number of rotatable bonds is 5. The zero-order valence-electron chi connectivity index (χ0n) is 16.9. The van der Waals surface area contributed by atoms with E-state index < -0.39 is 0 Å². The molecular weight excluding hydrogens is 372 g/mol. The Morgan fingerprint density at radius 2 is 1.47 bits per heavy atom. The van der Waals surface area contributed by atoms with Crippen molar-refractivity contribution in [3.8, 4) is 28.3 Å². The lowest BCUT2D eigenvalue weighted by Gasteiger charge is -2.09. The normalized spacial score (nSPS) is 11.0. The molecule has 5 heteroatoms. The number of aromatic hydroxyl groups is 1. The molecule has 0 atom stereocenters. The Labute approximate surface area is 175 Å². The highest BCUT2D eigenvalue weighted by molar-refractivity contribution is 5.80. The summed E-state index contributed by atoms with van der Waals surface area (Å²) in [6.45, 7) is 4.12. The molecule has 0 aliphatic rings.